The van der Waals surface area contributed by atoms with Crippen molar-refractivity contribution in [1.29, 1.82) is 0 Å². The zero-order valence-electron chi connectivity index (χ0n) is 15.9. The van der Waals surface area contributed by atoms with E-state index in [4.69, 9.17) is 12.2 Å². The van der Waals surface area contributed by atoms with E-state index in [1.807, 2.05) is 44.2 Å². The molecule has 0 fully saturated rings. The molecule has 0 unspecified atom stereocenters. The molecule has 3 rings (SSSR count). The molecule has 0 bridgehead atoms. The molecule has 0 aliphatic rings. The first kappa shape index (κ1) is 19.5. The van der Waals surface area contributed by atoms with E-state index in [2.05, 4.69) is 21.3 Å². The Morgan fingerprint density at radius 2 is 1.79 bits per heavy atom. The number of aromatic nitrogens is 2. The molecule has 1 aromatic heterocycles. The van der Waals surface area contributed by atoms with E-state index in [1.165, 1.54) is 10.2 Å². The van der Waals surface area contributed by atoms with Crippen molar-refractivity contribution in [2.45, 2.75) is 20.4 Å². The number of nitrogens with one attached hydrogen (secondary N) is 3. The monoisotopic (exact) mass is 395 g/mol. The van der Waals surface area contributed by atoms with Gasteiger partial charge in [-0.25, -0.2) is 4.68 Å². The van der Waals surface area contributed by atoms with E-state index >= 15 is 0 Å². The fraction of sp³-hybridized carbons (Fsp3) is 0.200. The summed E-state index contributed by atoms with van der Waals surface area (Å²) in [5.41, 5.74) is 8.51. The van der Waals surface area contributed by atoms with Crippen LogP contribution >= 0.6 is 12.2 Å². The van der Waals surface area contributed by atoms with Crippen molar-refractivity contribution in [3.63, 3.8) is 0 Å². The third-order valence-corrected chi connectivity index (χ3v) is 4.79. The minimum absolute atomic E-state index is 0.235. The van der Waals surface area contributed by atoms with Gasteiger partial charge < -0.3 is 5.32 Å². The second-order valence-electron chi connectivity index (χ2n) is 6.41. The molecule has 1 heterocycles. The summed E-state index contributed by atoms with van der Waals surface area (Å²) in [6, 6.07) is 13.3. The normalized spacial score (nSPS) is 10.5. The van der Waals surface area contributed by atoms with Crippen LogP contribution in [0.2, 0.25) is 0 Å². The molecular formula is C20H21N5O2S. The van der Waals surface area contributed by atoms with Gasteiger partial charge in [-0.1, -0.05) is 30.3 Å². The first-order valence-electron chi connectivity index (χ1n) is 8.74. The van der Waals surface area contributed by atoms with Crippen molar-refractivity contribution in [2.24, 2.45) is 0 Å². The van der Waals surface area contributed by atoms with Crippen molar-refractivity contribution in [3.05, 3.63) is 63.9 Å². The maximum absolute atomic E-state index is 12.8. The van der Waals surface area contributed by atoms with Crippen molar-refractivity contribution >= 4 is 34.0 Å². The second-order valence-corrected chi connectivity index (χ2v) is 6.82. The molecule has 2 aromatic carbocycles. The Morgan fingerprint density at radius 1 is 1.07 bits per heavy atom. The highest BCUT2D eigenvalue weighted by molar-refractivity contribution is 7.80. The highest BCUT2D eigenvalue weighted by Gasteiger charge is 2.14. The number of amides is 1. The first-order chi connectivity index (χ1) is 13.4. The number of rotatable bonds is 3. The molecular weight excluding hydrogens is 374 g/mol. The number of thiocarbonyl (C=S) groups is 1. The van der Waals surface area contributed by atoms with E-state index in [9.17, 15) is 9.59 Å². The van der Waals surface area contributed by atoms with Crippen molar-refractivity contribution < 1.29 is 4.79 Å². The number of hydrazine groups is 1. The summed E-state index contributed by atoms with van der Waals surface area (Å²) in [4.78, 5) is 25.0. The Kier molecular flexibility index (Phi) is 5.70. The quantitative estimate of drug-likeness (QED) is 0.463. The van der Waals surface area contributed by atoms with Gasteiger partial charge in [0.25, 0.3) is 11.5 Å². The fourth-order valence-electron chi connectivity index (χ4n) is 2.81. The zero-order valence-corrected chi connectivity index (χ0v) is 16.7. The average Bonchev–Trinajstić information content (AvgIpc) is 2.70. The third kappa shape index (κ3) is 4.01. The summed E-state index contributed by atoms with van der Waals surface area (Å²) in [5, 5.41) is 8.71. The molecule has 0 atom stereocenters. The summed E-state index contributed by atoms with van der Waals surface area (Å²) in [5.74, 6) is -0.437. The van der Waals surface area contributed by atoms with Gasteiger partial charge in [0.2, 0.25) is 0 Å². The third-order valence-electron chi connectivity index (χ3n) is 4.48. The van der Waals surface area contributed by atoms with Crippen molar-refractivity contribution in [2.75, 3.05) is 7.05 Å². The van der Waals surface area contributed by atoms with E-state index in [0.29, 0.717) is 11.1 Å². The minimum atomic E-state index is -0.437. The van der Waals surface area contributed by atoms with Gasteiger partial charge in [0.05, 0.1) is 11.1 Å². The van der Waals surface area contributed by atoms with Crippen LogP contribution in [0.5, 0.6) is 0 Å². The van der Waals surface area contributed by atoms with Gasteiger partial charge in [-0.2, -0.15) is 5.10 Å². The molecule has 3 N–H and O–H groups in total. The van der Waals surface area contributed by atoms with Gasteiger partial charge in [0.15, 0.2) is 5.11 Å². The first-order valence-corrected chi connectivity index (χ1v) is 9.15. The number of nitrogens with zero attached hydrogens (tertiary/aromatic N) is 2. The molecule has 7 nitrogen and oxygen atoms in total. The Bertz CT molecular complexity index is 1120. The van der Waals surface area contributed by atoms with Crippen LogP contribution in [0.1, 0.15) is 11.1 Å². The predicted octanol–water partition coefficient (Wildman–Crippen LogP) is 1.81. The number of carbonyl (C=O) groups is 1. The van der Waals surface area contributed by atoms with Gasteiger partial charge in [0.1, 0.15) is 6.54 Å². The highest BCUT2D eigenvalue weighted by atomic mass is 32.1. The van der Waals surface area contributed by atoms with E-state index in [1.54, 1.807) is 19.2 Å². The average molecular weight is 395 g/mol. The number of benzene rings is 2. The van der Waals surface area contributed by atoms with Crippen LogP contribution in [0.3, 0.4) is 0 Å². The molecule has 28 heavy (non-hydrogen) atoms. The van der Waals surface area contributed by atoms with Gasteiger partial charge in [0, 0.05) is 18.0 Å². The summed E-state index contributed by atoms with van der Waals surface area (Å²) >= 11 is 4.91. The topological polar surface area (TPSA) is 88.0 Å². The van der Waals surface area contributed by atoms with Crippen molar-refractivity contribution in [3.8, 4) is 11.3 Å². The van der Waals surface area contributed by atoms with Crippen LogP contribution < -0.4 is 21.7 Å². The lowest BCUT2D eigenvalue weighted by Gasteiger charge is -2.13. The van der Waals surface area contributed by atoms with Crippen LogP contribution in [-0.4, -0.2) is 27.8 Å². The minimum Gasteiger partial charge on any atom is -0.364 e. The lowest BCUT2D eigenvalue weighted by atomic mass is 10.0. The Hall–Kier alpha value is -3.26. The summed E-state index contributed by atoms with van der Waals surface area (Å²) in [6.45, 7) is 3.83. The molecule has 0 saturated heterocycles. The largest absolute Gasteiger partial charge is 0.364 e. The molecule has 8 heteroatoms. The molecule has 0 aliphatic heterocycles. The lowest BCUT2D eigenvalue weighted by molar-refractivity contribution is -0.122. The Morgan fingerprint density at radius 3 is 2.46 bits per heavy atom. The predicted molar refractivity (Wildman–Crippen MR) is 114 cm³/mol. The number of hydrogen-bond acceptors (Lipinski definition) is 4. The molecule has 0 aliphatic carbocycles. The number of hydrogen-bond donors (Lipinski definition) is 3. The van der Waals surface area contributed by atoms with Crippen molar-refractivity contribution in [1.82, 2.24) is 25.9 Å². The molecule has 3 aromatic rings. The second kappa shape index (κ2) is 8.18. The summed E-state index contributed by atoms with van der Waals surface area (Å²) in [6.07, 6.45) is 0. The standard InChI is InChI=1S/C20H21N5O2S/c1-12-8-9-14(10-13(12)2)18-15-6-4-5-7-16(15)19(27)25(24-18)11-17(26)22-23-20(28)21-3/h4-10H,11H2,1-3H3,(H,22,26)(H2,21,23,28). The molecule has 144 valence electrons. The summed E-state index contributed by atoms with van der Waals surface area (Å²) in [7, 11) is 1.63. The van der Waals surface area contributed by atoms with E-state index < -0.39 is 5.91 Å². The van der Waals surface area contributed by atoms with E-state index in [-0.39, 0.29) is 17.2 Å². The SMILES string of the molecule is CNC(=S)NNC(=O)Cn1nc(-c2ccc(C)c(C)c2)c2ccccc2c1=O. The number of fused-ring (bicyclic) bond motifs is 1. The van der Waals surface area contributed by atoms with Crippen LogP contribution in [0.4, 0.5) is 0 Å². The van der Waals surface area contributed by atoms with Gasteiger partial charge in [-0.3, -0.25) is 20.4 Å². The van der Waals surface area contributed by atoms with Crippen LogP contribution in [-0.2, 0) is 11.3 Å². The van der Waals surface area contributed by atoms with Crippen LogP contribution in [0, 0.1) is 13.8 Å². The smallest absolute Gasteiger partial charge is 0.275 e. The maximum atomic E-state index is 12.8. The van der Waals surface area contributed by atoms with E-state index in [0.717, 1.165) is 16.5 Å². The number of carbonyl (C=O) groups excluding carboxylic acids is 1. The molecule has 0 radical (unpaired) electrons. The Labute approximate surface area is 167 Å². The van der Waals surface area contributed by atoms with Gasteiger partial charge in [-0.05, 0) is 49.3 Å². The molecule has 0 spiro atoms. The Balaban J connectivity index is 2.05. The molecule has 1 amide bonds. The summed E-state index contributed by atoms with van der Waals surface area (Å²) < 4.78 is 1.17. The maximum Gasteiger partial charge on any atom is 0.275 e. The van der Waals surface area contributed by atoms with Gasteiger partial charge >= 0.3 is 0 Å². The van der Waals surface area contributed by atoms with Crippen LogP contribution in [0.25, 0.3) is 22.0 Å². The lowest BCUT2D eigenvalue weighted by Crippen LogP contribution is -2.47. The zero-order chi connectivity index (χ0) is 20.3. The van der Waals surface area contributed by atoms with Gasteiger partial charge in [-0.15, -0.1) is 0 Å². The van der Waals surface area contributed by atoms with Crippen LogP contribution in [0.15, 0.2) is 47.3 Å². The fourth-order valence-corrected chi connectivity index (χ4v) is 2.86. The number of aryl methyl sites for hydroxylation is 2. The highest BCUT2D eigenvalue weighted by Crippen LogP contribution is 2.26. The molecule has 0 saturated carbocycles.